The molecule has 4 N–H and O–H groups in total. The Balaban J connectivity index is 0.00000992. The van der Waals surface area contributed by atoms with Gasteiger partial charge in [-0.2, -0.15) is 9.98 Å². The van der Waals surface area contributed by atoms with E-state index in [9.17, 15) is 51.9 Å². The van der Waals surface area contributed by atoms with Gasteiger partial charge in [0.15, 0.2) is 10.2 Å². The van der Waals surface area contributed by atoms with E-state index in [2.05, 4.69) is 55.7 Å². The van der Waals surface area contributed by atoms with Crippen molar-refractivity contribution in [1.82, 2.24) is 10.6 Å². The number of rotatable bonds is 15. The maximum absolute atomic E-state index is 12.1. The molecule has 0 spiro atoms. The normalized spacial score (nSPS) is 11.2. The maximum Gasteiger partial charge on any atom is 1.00 e. The van der Waals surface area contributed by atoms with Crippen molar-refractivity contribution >= 4 is 157 Å². The Kier molecular flexibility index (Phi) is 27.4. The van der Waals surface area contributed by atoms with Gasteiger partial charge in [0.2, 0.25) is 0 Å². The van der Waals surface area contributed by atoms with E-state index in [1.165, 1.54) is 48.5 Å². The first-order valence-corrected chi connectivity index (χ1v) is 23.3. The van der Waals surface area contributed by atoms with Gasteiger partial charge >= 0.3 is 118 Å². The largest absolute Gasteiger partial charge is 1.00 e. The van der Waals surface area contributed by atoms with E-state index in [1.54, 1.807) is 0 Å². The topological polar surface area (TPSA) is 302 Å². The number of aliphatic imine (C=N–C) groups is 2. The Morgan fingerprint density at radius 3 is 1.02 bits per heavy atom. The van der Waals surface area contributed by atoms with Crippen LogP contribution in [0.2, 0.25) is 0 Å². The fraction of sp³-hybridized carbons (Fsp3) is 0.0588. The fourth-order valence-electron chi connectivity index (χ4n) is 4.99. The van der Waals surface area contributed by atoms with Crippen molar-refractivity contribution in [3.05, 3.63) is 95.1 Å². The van der Waals surface area contributed by atoms with Crippen molar-refractivity contribution in [2.45, 2.75) is 19.6 Å². The molecule has 0 aliphatic heterocycles. The summed E-state index contributed by atoms with van der Waals surface area (Å²) < 4.78 is 144. The molecular formula is C34H24N6Na4O12S8. The van der Waals surface area contributed by atoms with Crippen LogP contribution in [0.15, 0.2) is 102 Å². The molecule has 0 radical (unpaired) electrons. The van der Waals surface area contributed by atoms with E-state index in [1.807, 2.05) is 10.3 Å². The molecule has 0 amide bonds. The average Bonchev–Trinajstić information content (AvgIpc) is 3.15. The number of nitrogens with zero attached hydrogens (tertiary/aromatic N) is 2. The van der Waals surface area contributed by atoms with Crippen LogP contribution in [0.25, 0.3) is 24.3 Å². The van der Waals surface area contributed by atoms with Crippen molar-refractivity contribution in [2.24, 2.45) is 9.98 Å². The van der Waals surface area contributed by atoms with Crippen LogP contribution in [-0.4, -0.2) is 85.5 Å². The zero-order valence-electron chi connectivity index (χ0n) is 33.7. The predicted molar refractivity (Wildman–Crippen MR) is 233 cm³/mol. The Morgan fingerprint density at radius 2 is 0.750 bits per heavy atom. The minimum Gasteiger partial charge on any atom is -0.744 e. The molecule has 64 heavy (non-hydrogen) atoms. The van der Waals surface area contributed by atoms with Crippen molar-refractivity contribution < 1.29 is 170 Å². The van der Waals surface area contributed by atoms with Gasteiger partial charge in [-0.05, 0) is 120 Å². The van der Waals surface area contributed by atoms with Crippen molar-refractivity contribution in [3.63, 3.8) is 0 Å². The number of benzene rings is 4. The summed E-state index contributed by atoms with van der Waals surface area (Å²) in [5.41, 5.74) is -0.238. The van der Waals surface area contributed by atoms with Gasteiger partial charge in [0.05, 0.1) is 41.3 Å². The molecule has 0 aliphatic rings. The van der Waals surface area contributed by atoms with E-state index in [0.717, 1.165) is 48.6 Å². The molecule has 18 nitrogen and oxygen atoms in total. The Labute approximate surface area is 478 Å². The molecule has 0 unspecified atom stereocenters. The maximum atomic E-state index is 12.1. The standard InChI is InChI=1S/C34H28N6O12S8.4Na/c41-57(42,43)29-15-25(37-19-53)9-5-21(29)1-3-23-7-11-27(17-31(23)59(47,48)49)39-33(55)35-13-14-36-34(56)40-28-12-8-24(32(18-28)60(50,51)52)4-2-22-6-10-26(38-20-54)16-30(22)58(44,45)46;;;;/h1-12,15-18H,13-14H2,(H2,35,39,55)(H2,36,40,56)(H,41,42,43)(H,44,45,46)(H,47,48,49)(H,50,51,52);;;;/q;4*+1/p-4/b3-1+,4-2+;;;;. The van der Waals surface area contributed by atoms with E-state index in [4.69, 9.17) is 24.4 Å². The molecular weight excluding hydrogens is 1030 g/mol. The first-order valence-electron chi connectivity index (χ1n) is 16.0. The second-order valence-corrected chi connectivity index (χ2v) is 18.2. The van der Waals surface area contributed by atoms with Crippen LogP contribution in [0.3, 0.4) is 0 Å². The molecule has 314 valence electrons. The van der Waals surface area contributed by atoms with Crippen LogP contribution < -0.4 is 139 Å². The number of hydrogen-bond donors (Lipinski definition) is 4. The molecule has 0 aromatic heterocycles. The van der Waals surface area contributed by atoms with Gasteiger partial charge in [0.25, 0.3) is 0 Å². The first kappa shape index (κ1) is 63.0. The van der Waals surface area contributed by atoms with Gasteiger partial charge in [0.1, 0.15) is 40.5 Å². The quantitative estimate of drug-likeness (QED) is 0.0215. The van der Waals surface area contributed by atoms with Crippen LogP contribution in [0.5, 0.6) is 0 Å². The molecule has 0 heterocycles. The van der Waals surface area contributed by atoms with Crippen molar-refractivity contribution in [2.75, 3.05) is 23.7 Å². The van der Waals surface area contributed by atoms with Crippen LogP contribution in [0, 0.1) is 0 Å². The molecule has 0 bridgehead atoms. The Hall–Kier alpha value is -1.02. The molecule has 4 aromatic carbocycles. The summed E-state index contributed by atoms with van der Waals surface area (Å²) in [5, 5.41) is 15.1. The second-order valence-electron chi connectivity index (χ2n) is 11.6. The fourth-order valence-corrected chi connectivity index (χ4v) is 8.42. The summed E-state index contributed by atoms with van der Waals surface area (Å²) in [6, 6.07) is 14.3. The Morgan fingerprint density at radius 1 is 0.484 bits per heavy atom. The van der Waals surface area contributed by atoms with Gasteiger partial charge in [-0.3, -0.25) is 0 Å². The SMILES string of the molecule is O=S(=O)([O-])c1cc(N=C=S)ccc1/C=C/c1ccc(NC(=S)NCCNC(=S)Nc2ccc(/C=C/c3ccc(N=C=S)cc3S(=O)(=O)[O-])c(S(=O)(=O)[O-])c2)cc1S(=O)(=O)[O-].[Na+].[Na+].[Na+].[Na+]. The van der Waals surface area contributed by atoms with Gasteiger partial charge < -0.3 is 39.5 Å². The Bertz CT molecular complexity index is 2820. The van der Waals surface area contributed by atoms with E-state index in [-0.39, 0.29) is 187 Å². The summed E-state index contributed by atoms with van der Waals surface area (Å²) in [6.45, 7) is 0.231. The van der Waals surface area contributed by atoms with Crippen LogP contribution in [0.4, 0.5) is 22.7 Å². The van der Waals surface area contributed by atoms with E-state index in [0.29, 0.717) is 0 Å². The zero-order valence-corrected chi connectivity index (χ0v) is 48.2. The summed E-state index contributed by atoms with van der Waals surface area (Å²) in [7, 11) is -20.2. The van der Waals surface area contributed by atoms with Crippen molar-refractivity contribution in [1.29, 1.82) is 0 Å². The third kappa shape index (κ3) is 19.5. The molecule has 4 rings (SSSR count). The second kappa shape index (κ2) is 27.8. The molecule has 0 aliphatic carbocycles. The zero-order chi connectivity index (χ0) is 44.5. The number of isothiocyanates is 2. The van der Waals surface area contributed by atoms with E-state index >= 15 is 0 Å². The minimum absolute atomic E-state index is 0. The third-order valence-corrected chi connectivity index (χ3v) is 11.8. The minimum atomic E-state index is -5.09. The molecule has 30 heteroatoms. The number of anilines is 2. The number of nitrogens with one attached hydrogen (secondary N) is 4. The predicted octanol–water partition coefficient (Wildman–Crippen LogP) is -7.60. The average molecular weight is 1060 g/mol. The van der Waals surface area contributed by atoms with Gasteiger partial charge in [0, 0.05) is 24.5 Å². The molecule has 0 fully saturated rings. The molecule has 0 saturated heterocycles. The monoisotopic (exact) mass is 1060 g/mol. The van der Waals surface area contributed by atoms with E-state index < -0.39 is 60.1 Å². The van der Waals surface area contributed by atoms with Crippen molar-refractivity contribution in [3.8, 4) is 0 Å². The van der Waals surface area contributed by atoms with Crippen LogP contribution >= 0.6 is 48.9 Å². The van der Waals surface area contributed by atoms with Crippen LogP contribution in [-0.2, 0) is 40.5 Å². The molecule has 0 atom stereocenters. The summed E-state index contributed by atoms with van der Waals surface area (Å²) in [5.74, 6) is 0. The smallest absolute Gasteiger partial charge is 0.744 e. The molecule has 4 aromatic rings. The first-order chi connectivity index (χ1) is 28.0. The summed E-state index contributed by atoms with van der Waals surface area (Å²) in [4.78, 5) is 4.55. The van der Waals surface area contributed by atoms with Gasteiger partial charge in [-0.25, -0.2) is 33.7 Å². The number of hydrogen-bond acceptors (Lipinski definition) is 18. The third-order valence-electron chi connectivity index (χ3n) is 7.55. The molecule has 0 saturated carbocycles. The van der Waals surface area contributed by atoms with Crippen LogP contribution in [0.1, 0.15) is 22.3 Å². The van der Waals surface area contributed by atoms with Gasteiger partial charge in [-0.1, -0.05) is 48.6 Å². The summed E-state index contributed by atoms with van der Waals surface area (Å²) >= 11 is 19.5. The van der Waals surface area contributed by atoms with Gasteiger partial charge in [-0.15, -0.1) is 0 Å². The number of thiocarbonyl (C=S) groups is 4. The summed E-state index contributed by atoms with van der Waals surface area (Å²) in [6.07, 6.45) is 4.54.